The minimum absolute atomic E-state index is 0.394. The van der Waals surface area contributed by atoms with Crippen LogP contribution < -0.4 is 0 Å². The van der Waals surface area contributed by atoms with Gasteiger partial charge in [0.25, 0.3) is 0 Å². The number of nitrogens with zero attached hydrogens (tertiary/aromatic N) is 2. The van der Waals surface area contributed by atoms with Crippen LogP contribution in [-0.4, -0.2) is 59.1 Å². The molecule has 17 heavy (non-hydrogen) atoms. The van der Waals surface area contributed by atoms with E-state index in [0.29, 0.717) is 4.75 Å². The van der Waals surface area contributed by atoms with E-state index in [1.807, 2.05) is 11.8 Å². The summed E-state index contributed by atoms with van der Waals surface area (Å²) >= 11 is 2.00. The first-order chi connectivity index (χ1) is 8.02. The van der Waals surface area contributed by atoms with E-state index >= 15 is 0 Å². The zero-order valence-electron chi connectivity index (χ0n) is 11.9. The zero-order valence-corrected chi connectivity index (χ0v) is 12.7. The maximum absolute atomic E-state index is 2.73. The van der Waals surface area contributed by atoms with Crippen molar-refractivity contribution in [1.82, 2.24) is 9.80 Å². The number of thioether (sulfide) groups is 1. The third kappa shape index (κ3) is 3.39. The summed E-state index contributed by atoms with van der Waals surface area (Å²) in [6, 6.07) is 1.58. The van der Waals surface area contributed by atoms with Gasteiger partial charge in [0.05, 0.1) is 0 Å². The van der Waals surface area contributed by atoms with Gasteiger partial charge in [0.1, 0.15) is 0 Å². The van der Waals surface area contributed by atoms with Gasteiger partial charge in [-0.3, -0.25) is 9.80 Å². The van der Waals surface area contributed by atoms with Crippen molar-refractivity contribution in [2.24, 2.45) is 0 Å². The predicted molar refractivity (Wildman–Crippen MR) is 77.8 cm³/mol. The van der Waals surface area contributed by atoms with E-state index in [-0.39, 0.29) is 0 Å². The Morgan fingerprint density at radius 2 is 2.00 bits per heavy atom. The second-order valence-electron chi connectivity index (χ2n) is 6.39. The number of fused-ring (bicyclic) bond motifs is 1. The lowest BCUT2D eigenvalue weighted by Crippen LogP contribution is -2.60. The van der Waals surface area contributed by atoms with Gasteiger partial charge in [-0.2, -0.15) is 11.8 Å². The number of piperazine rings is 1. The Hall–Kier alpha value is 0.270. The van der Waals surface area contributed by atoms with Crippen LogP contribution in [0, 0.1) is 0 Å². The van der Waals surface area contributed by atoms with E-state index in [9.17, 15) is 0 Å². The largest absolute Gasteiger partial charge is 0.298 e. The average molecular weight is 256 g/mol. The molecular weight excluding hydrogens is 228 g/mol. The highest BCUT2D eigenvalue weighted by Crippen LogP contribution is 2.28. The lowest BCUT2D eigenvalue weighted by atomic mass is 9.96. The predicted octanol–water partition coefficient (Wildman–Crippen LogP) is 2.69. The normalized spacial score (nSPS) is 32.5. The van der Waals surface area contributed by atoms with E-state index in [2.05, 4.69) is 36.8 Å². The van der Waals surface area contributed by atoms with Crippen LogP contribution in [-0.2, 0) is 0 Å². The van der Waals surface area contributed by atoms with Crippen molar-refractivity contribution in [3.63, 3.8) is 0 Å². The van der Waals surface area contributed by atoms with Gasteiger partial charge in [-0.25, -0.2) is 0 Å². The zero-order chi connectivity index (χ0) is 12.5. The molecule has 0 saturated carbocycles. The van der Waals surface area contributed by atoms with Crippen LogP contribution in [0.25, 0.3) is 0 Å². The summed E-state index contributed by atoms with van der Waals surface area (Å²) in [5.41, 5.74) is 0. The highest BCUT2D eigenvalue weighted by molar-refractivity contribution is 7.99. The van der Waals surface area contributed by atoms with Crippen molar-refractivity contribution in [3.8, 4) is 0 Å². The molecule has 2 aliphatic heterocycles. The van der Waals surface area contributed by atoms with Gasteiger partial charge in [0.15, 0.2) is 0 Å². The molecule has 2 aliphatic rings. The van der Waals surface area contributed by atoms with Crippen LogP contribution >= 0.6 is 11.8 Å². The molecule has 2 rings (SSSR count). The minimum atomic E-state index is 0.394. The Labute approximate surface area is 111 Å². The summed E-state index contributed by atoms with van der Waals surface area (Å²) in [7, 11) is 0. The fourth-order valence-electron chi connectivity index (χ4n) is 3.19. The Balaban J connectivity index is 1.95. The topological polar surface area (TPSA) is 6.48 Å². The molecule has 0 spiro atoms. The summed E-state index contributed by atoms with van der Waals surface area (Å²) in [6.07, 6.45) is 6.51. The molecule has 0 aromatic carbocycles. The molecule has 0 radical (unpaired) electrons. The van der Waals surface area contributed by atoms with Crippen LogP contribution in [0.3, 0.4) is 0 Å². The molecule has 0 aromatic heterocycles. The van der Waals surface area contributed by atoms with Crippen molar-refractivity contribution >= 4 is 11.8 Å². The molecule has 0 amide bonds. The highest BCUT2D eigenvalue weighted by Gasteiger charge is 2.34. The maximum Gasteiger partial charge on any atom is 0.0228 e. The molecule has 2 unspecified atom stereocenters. The molecule has 2 fully saturated rings. The fraction of sp³-hybridized carbons (Fsp3) is 1.00. The van der Waals surface area contributed by atoms with Crippen LogP contribution in [0.15, 0.2) is 0 Å². The van der Waals surface area contributed by atoms with Crippen molar-refractivity contribution in [2.75, 3.05) is 32.4 Å². The van der Waals surface area contributed by atoms with Gasteiger partial charge in [-0.05, 0) is 46.4 Å². The molecule has 2 saturated heterocycles. The van der Waals surface area contributed by atoms with Gasteiger partial charge in [0, 0.05) is 36.5 Å². The van der Waals surface area contributed by atoms with Gasteiger partial charge < -0.3 is 0 Å². The van der Waals surface area contributed by atoms with Gasteiger partial charge in [0.2, 0.25) is 0 Å². The average Bonchev–Trinajstić information content (AvgIpc) is 2.30. The van der Waals surface area contributed by atoms with Gasteiger partial charge >= 0.3 is 0 Å². The standard InChI is InChI=1S/C14H28N2S/c1-12-9-15-8-6-5-7-13(15)10-16(12)11-14(2,3)17-4/h12-13H,5-11H2,1-4H3. The molecule has 3 heteroatoms. The maximum atomic E-state index is 2.73. The Morgan fingerprint density at radius 3 is 2.71 bits per heavy atom. The Kier molecular flexibility index (Phi) is 4.43. The summed E-state index contributed by atoms with van der Waals surface area (Å²) in [5.74, 6) is 0. The molecule has 2 atom stereocenters. The molecule has 0 aliphatic carbocycles. The van der Waals surface area contributed by atoms with Crippen LogP contribution in [0.4, 0.5) is 0 Å². The summed E-state index contributed by atoms with van der Waals surface area (Å²) in [4.78, 5) is 5.46. The monoisotopic (exact) mass is 256 g/mol. The van der Waals surface area contributed by atoms with Crippen LogP contribution in [0.5, 0.6) is 0 Å². The second kappa shape index (κ2) is 5.50. The quantitative estimate of drug-likeness (QED) is 0.766. The molecule has 100 valence electrons. The van der Waals surface area contributed by atoms with E-state index in [1.165, 1.54) is 45.4 Å². The van der Waals surface area contributed by atoms with E-state index in [4.69, 9.17) is 0 Å². The van der Waals surface area contributed by atoms with Gasteiger partial charge in [-0.1, -0.05) is 6.42 Å². The first kappa shape index (κ1) is 13.7. The van der Waals surface area contributed by atoms with Crippen molar-refractivity contribution in [1.29, 1.82) is 0 Å². The second-order valence-corrected chi connectivity index (χ2v) is 7.90. The smallest absolute Gasteiger partial charge is 0.0228 e. The summed E-state index contributed by atoms with van der Waals surface area (Å²) < 4.78 is 0.394. The number of rotatable bonds is 3. The first-order valence-electron chi connectivity index (χ1n) is 7.05. The summed E-state index contributed by atoms with van der Waals surface area (Å²) in [5, 5.41) is 0. The van der Waals surface area contributed by atoms with Crippen molar-refractivity contribution < 1.29 is 0 Å². The summed E-state index contributed by atoms with van der Waals surface area (Å²) in [6.45, 7) is 12.3. The number of hydrogen-bond donors (Lipinski definition) is 0. The van der Waals surface area contributed by atoms with Crippen molar-refractivity contribution in [2.45, 2.75) is 56.9 Å². The third-order valence-corrected chi connectivity index (χ3v) is 5.69. The minimum Gasteiger partial charge on any atom is -0.298 e. The van der Waals surface area contributed by atoms with Crippen LogP contribution in [0.2, 0.25) is 0 Å². The van der Waals surface area contributed by atoms with E-state index in [0.717, 1.165) is 12.1 Å². The third-order valence-electron chi connectivity index (χ3n) is 4.45. The molecule has 2 nitrogen and oxygen atoms in total. The first-order valence-corrected chi connectivity index (χ1v) is 8.27. The Morgan fingerprint density at radius 1 is 1.24 bits per heavy atom. The molecular formula is C14H28N2S. The van der Waals surface area contributed by atoms with E-state index < -0.39 is 0 Å². The Bertz CT molecular complexity index is 255. The molecule has 0 N–H and O–H groups in total. The number of hydrogen-bond acceptors (Lipinski definition) is 3. The number of piperidine rings is 1. The van der Waals surface area contributed by atoms with Crippen molar-refractivity contribution in [3.05, 3.63) is 0 Å². The SMILES string of the molecule is CSC(C)(C)CN1CC2CCCCN2CC1C. The fourth-order valence-corrected chi connectivity index (χ4v) is 3.48. The van der Waals surface area contributed by atoms with Gasteiger partial charge in [-0.15, -0.1) is 0 Å². The highest BCUT2D eigenvalue weighted by atomic mass is 32.2. The molecule has 0 bridgehead atoms. The van der Waals surface area contributed by atoms with E-state index in [1.54, 1.807) is 0 Å². The lowest BCUT2D eigenvalue weighted by molar-refractivity contribution is 0.0123. The molecule has 2 heterocycles. The van der Waals surface area contributed by atoms with Crippen LogP contribution in [0.1, 0.15) is 40.0 Å². The molecule has 0 aromatic rings. The lowest BCUT2D eigenvalue weighted by Gasteiger charge is -2.49.